The van der Waals surface area contributed by atoms with Crippen LogP contribution >= 0.6 is 0 Å². The summed E-state index contributed by atoms with van der Waals surface area (Å²) in [6.07, 6.45) is 1.05. The van der Waals surface area contributed by atoms with Crippen molar-refractivity contribution in [1.29, 1.82) is 0 Å². The second kappa shape index (κ2) is 8.95. The van der Waals surface area contributed by atoms with Gasteiger partial charge in [-0.3, -0.25) is 24.4 Å². The van der Waals surface area contributed by atoms with Crippen molar-refractivity contribution in [2.75, 3.05) is 5.32 Å². The van der Waals surface area contributed by atoms with Gasteiger partial charge < -0.3 is 10.4 Å². The van der Waals surface area contributed by atoms with Gasteiger partial charge in [-0.25, -0.2) is 18.2 Å². The van der Waals surface area contributed by atoms with Crippen LogP contribution in [0.15, 0.2) is 58.4 Å². The molecule has 12 nitrogen and oxygen atoms in total. The van der Waals surface area contributed by atoms with Gasteiger partial charge >= 0.3 is 5.97 Å². The summed E-state index contributed by atoms with van der Waals surface area (Å²) in [5, 5.41) is 11.6. The van der Waals surface area contributed by atoms with E-state index in [-0.39, 0.29) is 5.69 Å². The minimum Gasteiger partial charge on any atom is -0.478 e. The number of nitrogens with zero attached hydrogens (tertiary/aromatic N) is 2. The van der Waals surface area contributed by atoms with Crippen LogP contribution in [0.25, 0.3) is 11.0 Å². The third-order valence-electron chi connectivity index (χ3n) is 4.22. The number of carboxylic acid groups (broad SMARTS) is 1. The van der Waals surface area contributed by atoms with Crippen LogP contribution in [0.2, 0.25) is 0 Å². The van der Waals surface area contributed by atoms with E-state index < -0.39 is 50.4 Å². The van der Waals surface area contributed by atoms with Crippen LogP contribution < -0.4 is 21.1 Å². The first-order chi connectivity index (χ1) is 15.1. The van der Waals surface area contributed by atoms with Crippen molar-refractivity contribution in [3.8, 4) is 0 Å². The third kappa shape index (κ3) is 4.96. The molecule has 2 amide bonds. The average Bonchev–Trinajstić information content (AvgIpc) is 2.74. The van der Waals surface area contributed by atoms with E-state index in [9.17, 15) is 32.7 Å². The van der Waals surface area contributed by atoms with Gasteiger partial charge in [0.1, 0.15) is 6.54 Å². The number of rotatable bonds is 7. The van der Waals surface area contributed by atoms with Crippen LogP contribution in [0.5, 0.6) is 0 Å². The fourth-order valence-corrected chi connectivity index (χ4v) is 3.70. The van der Waals surface area contributed by atoms with Gasteiger partial charge in [0.05, 0.1) is 33.4 Å². The first-order valence-corrected chi connectivity index (χ1v) is 10.5. The monoisotopic (exact) mass is 459 g/mol. The number of nitrogens with one attached hydrogen (secondary N) is 3. The minimum absolute atomic E-state index is 0.0862. The Kier molecular flexibility index (Phi) is 6.32. The smallest absolute Gasteiger partial charge is 0.337 e. The Hall–Kier alpha value is -4.10. The highest BCUT2D eigenvalue weighted by Crippen LogP contribution is 2.20. The zero-order chi connectivity index (χ0) is 23.5. The van der Waals surface area contributed by atoms with Gasteiger partial charge in [0.2, 0.25) is 5.91 Å². The van der Waals surface area contributed by atoms with E-state index >= 15 is 0 Å². The van der Waals surface area contributed by atoms with Crippen molar-refractivity contribution in [2.45, 2.75) is 18.4 Å². The summed E-state index contributed by atoms with van der Waals surface area (Å²) in [6.45, 7) is 0.678. The molecule has 0 fully saturated rings. The standard InChI is InChI=1S/C19H17N5O7S/c1-11(25)21-14-7-6-12(8-13(14)19(28)29)32(30,31)23-22-17(26)10-24-16-5-3-2-4-15(16)20-9-18(24)27/h2-9,23H,10H2,1H3,(H,21,25)(H,22,26)(H,28,29). The molecule has 0 unspecified atom stereocenters. The topological polar surface area (TPSA) is 177 Å². The van der Waals surface area contributed by atoms with Gasteiger partial charge in [-0.1, -0.05) is 12.1 Å². The molecule has 0 aliphatic carbocycles. The molecule has 166 valence electrons. The number of carbonyl (C=O) groups is 3. The molecule has 2 aromatic carbocycles. The number of amides is 2. The Balaban J connectivity index is 1.78. The summed E-state index contributed by atoms with van der Waals surface area (Å²) in [5.41, 5.74) is 1.75. The highest BCUT2D eigenvalue weighted by atomic mass is 32.2. The van der Waals surface area contributed by atoms with Gasteiger partial charge in [-0.15, -0.1) is 4.83 Å². The van der Waals surface area contributed by atoms with Gasteiger partial charge in [-0.05, 0) is 30.3 Å². The minimum atomic E-state index is -4.36. The molecule has 0 bridgehead atoms. The second-order valence-electron chi connectivity index (χ2n) is 6.52. The molecule has 0 spiro atoms. The molecule has 3 rings (SSSR count). The molecule has 0 saturated heterocycles. The fourth-order valence-electron chi connectivity index (χ4n) is 2.81. The normalized spacial score (nSPS) is 11.2. The number of aromatic carboxylic acids is 1. The predicted octanol–water partition coefficient (Wildman–Crippen LogP) is 0.0628. The molecule has 1 heterocycles. The van der Waals surface area contributed by atoms with Gasteiger partial charge in [0.25, 0.3) is 21.5 Å². The molecular weight excluding hydrogens is 442 g/mol. The molecule has 0 saturated carbocycles. The van der Waals surface area contributed by atoms with Gasteiger partial charge in [-0.2, -0.15) is 0 Å². The van der Waals surface area contributed by atoms with Gasteiger partial charge in [0, 0.05) is 6.92 Å². The summed E-state index contributed by atoms with van der Waals surface area (Å²) >= 11 is 0. The Labute approximate surface area is 180 Å². The molecule has 3 aromatic rings. The Morgan fingerprint density at radius 2 is 1.84 bits per heavy atom. The van der Waals surface area contributed by atoms with E-state index in [2.05, 4.69) is 10.3 Å². The van der Waals surface area contributed by atoms with Crippen LogP contribution in [-0.2, 0) is 26.2 Å². The van der Waals surface area contributed by atoms with E-state index in [4.69, 9.17) is 0 Å². The van der Waals surface area contributed by atoms with Crippen molar-refractivity contribution in [3.63, 3.8) is 0 Å². The number of carboxylic acids is 1. The number of carbonyl (C=O) groups excluding carboxylic acids is 2. The molecule has 0 radical (unpaired) electrons. The number of anilines is 1. The summed E-state index contributed by atoms with van der Waals surface area (Å²) < 4.78 is 26.1. The second-order valence-corrected chi connectivity index (χ2v) is 8.20. The van der Waals surface area contributed by atoms with Crippen molar-refractivity contribution < 1.29 is 27.9 Å². The number of hydrazine groups is 1. The van der Waals surface area contributed by atoms with Crippen LogP contribution in [0.1, 0.15) is 17.3 Å². The number of para-hydroxylation sites is 2. The largest absolute Gasteiger partial charge is 0.478 e. The number of hydrogen-bond donors (Lipinski definition) is 4. The summed E-state index contributed by atoms with van der Waals surface area (Å²) in [6, 6.07) is 9.62. The lowest BCUT2D eigenvalue weighted by atomic mass is 10.2. The molecule has 0 aliphatic rings. The van der Waals surface area contributed by atoms with Crippen molar-refractivity contribution in [1.82, 2.24) is 19.8 Å². The molecule has 0 aliphatic heterocycles. The summed E-state index contributed by atoms with van der Waals surface area (Å²) in [5.74, 6) is -2.84. The Bertz CT molecular complexity index is 1400. The number of fused-ring (bicyclic) bond motifs is 1. The van der Waals surface area contributed by atoms with Crippen molar-refractivity contribution >= 4 is 44.5 Å². The molecule has 32 heavy (non-hydrogen) atoms. The molecule has 4 N–H and O–H groups in total. The van der Waals surface area contributed by atoms with E-state index in [1.54, 1.807) is 24.3 Å². The highest BCUT2D eigenvalue weighted by Gasteiger charge is 2.20. The van der Waals surface area contributed by atoms with E-state index in [0.29, 0.717) is 11.0 Å². The van der Waals surface area contributed by atoms with E-state index in [0.717, 1.165) is 29.0 Å². The Morgan fingerprint density at radius 3 is 2.53 bits per heavy atom. The molecule has 0 atom stereocenters. The maximum absolute atomic E-state index is 12.5. The summed E-state index contributed by atoms with van der Waals surface area (Å²) in [7, 11) is -4.36. The fraction of sp³-hybridized carbons (Fsp3) is 0.105. The van der Waals surface area contributed by atoms with Gasteiger partial charge in [0.15, 0.2) is 0 Å². The maximum Gasteiger partial charge on any atom is 0.337 e. The number of benzene rings is 2. The van der Waals surface area contributed by atoms with Crippen molar-refractivity contribution in [2.24, 2.45) is 0 Å². The average molecular weight is 459 g/mol. The molecule has 13 heteroatoms. The molecule has 1 aromatic heterocycles. The lowest BCUT2D eigenvalue weighted by Gasteiger charge is -2.12. The SMILES string of the molecule is CC(=O)Nc1ccc(S(=O)(=O)NNC(=O)Cn2c(=O)cnc3ccccc32)cc1C(=O)O. The van der Waals surface area contributed by atoms with Crippen LogP contribution in [0.4, 0.5) is 5.69 Å². The quantitative estimate of drug-likeness (QED) is 0.359. The van der Waals surface area contributed by atoms with Crippen LogP contribution in [0, 0.1) is 0 Å². The Morgan fingerprint density at radius 1 is 1.12 bits per heavy atom. The van der Waals surface area contributed by atoms with Crippen LogP contribution in [-0.4, -0.2) is 40.9 Å². The lowest BCUT2D eigenvalue weighted by molar-refractivity contribution is -0.122. The number of sulfonamides is 1. The maximum atomic E-state index is 12.5. The number of hydrogen-bond acceptors (Lipinski definition) is 7. The first-order valence-electron chi connectivity index (χ1n) is 8.98. The van der Waals surface area contributed by atoms with E-state index in [1.807, 2.05) is 10.3 Å². The highest BCUT2D eigenvalue weighted by molar-refractivity contribution is 7.89. The molecular formula is C19H17N5O7S. The summed E-state index contributed by atoms with van der Waals surface area (Å²) in [4.78, 5) is 52.3. The predicted molar refractivity (Wildman–Crippen MR) is 112 cm³/mol. The lowest BCUT2D eigenvalue weighted by Crippen LogP contribution is -2.44. The third-order valence-corrected chi connectivity index (χ3v) is 5.47. The first kappa shape index (κ1) is 22.6. The zero-order valence-electron chi connectivity index (χ0n) is 16.5. The van der Waals surface area contributed by atoms with E-state index in [1.165, 1.54) is 6.92 Å². The van der Waals surface area contributed by atoms with Crippen molar-refractivity contribution in [3.05, 3.63) is 64.6 Å². The van der Waals surface area contributed by atoms with Crippen LogP contribution in [0.3, 0.4) is 0 Å². The number of aromatic nitrogens is 2. The zero-order valence-corrected chi connectivity index (χ0v) is 17.3.